The molecule has 0 saturated carbocycles. The number of amides is 1. The minimum Gasteiger partial charge on any atom is -0.378 e. The zero-order valence-corrected chi connectivity index (χ0v) is 10.4. The molecule has 0 atom stereocenters. The molecule has 4 nitrogen and oxygen atoms in total. The van der Waals surface area contributed by atoms with Crippen molar-refractivity contribution >= 4 is 23.4 Å². The van der Waals surface area contributed by atoms with E-state index < -0.39 is 0 Å². The van der Waals surface area contributed by atoms with Crippen molar-refractivity contribution < 1.29 is 9.53 Å². The number of hydrogen-bond acceptors (Lipinski definition) is 4. The molecule has 92 valence electrons. The molecule has 0 aliphatic carbocycles. The zero-order valence-electron chi connectivity index (χ0n) is 9.59. The summed E-state index contributed by atoms with van der Waals surface area (Å²) < 4.78 is 5.32. The highest BCUT2D eigenvalue weighted by atomic mass is 32.2. The van der Waals surface area contributed by atoms with E-state index in [1.165, 1.54) is 0 Å². The Hall–Kier alpha value is -1.04. The van der Waals surface area contributed by atoms with Crippen LogP contribution in [0, 0.1) is 0 Å². The number of anilines is 1. The fraction of sp³-hybridized carbons (Fsp3) is 0.417. The molecule has 0 bridgehead atoms. The van der Waals surface area contributed by atoms with Gasteiger partial charge in [0.05, 0.1) is 24.7 Å². The summed E-state index contributed by atoms with van der Waals surface area (Å²) in [5, 5.41) is 0. The van der Waals surface area contributed by atoms with Gasteiger partial charge in [0.1, 0.15) is 0 Å². The van der Waals surface area contributed by atoms with Crippen LogP contribution in [0.15, 0.2) is 29.2 Å². The van der Waals surface area contributed by atoms with Gasteiger partial charge in [-0.25, -0.2) is 0 Å². The highest BCUT2D eigenvalue weighted by Gasteiger charge is 2.23. The Labute approximate surface area is 105 Å². The van der Waals surface area contributed by atoms with Gasteiger partial charge in [0.2, 0.25) is 5.91 Å². The number of nitrogens with two attached hydrogens (primary N) is 1. The second kappa shape index (κ2) is 6.05. The molecule has 0 aromatic heterocycles. The molecule has 1 heterocycles. The van der Waals surface area contributed by atoms with E-state index in [0.29, 0.717) is 32.1 Å². The Morgan fingerprint density at radius 1 is 1.35 bits per heavy atom. The summed E-state index contributed by atoms with van der Waals surface area (Å²) in [6.45, 7) is 2.18. The Balaban J connectivity index is 2.02. The SMILES string of the molecule is NCCOCCN1C(=O)CSc2ccccc21. The van der Waals surface area contributed by atoms with Gasteiger partial charge in [-0.05, 0) is 12.1 Å². The molecular weight excluding hydrogens is 236 g/mol. The van der Waals surface area contributed by atoms with Crippen LogP contribution in [0.5, 0.6) is 0 Å². The molecule has 2 N–H and O–H groups in total. The monoisotopic (exact) mass is 252 g/mol. The second-order valence-corrected chi connectivity index (χ2v) is 4.72. The van der Waals surface area contributed by atoms with Crippen LogP contribution in [-0.4, -0.2) is 38.0 Å². The number of para-hydroxylation sites is 1. The van der Waals surface area contributed by atoms with E-state index in [1.54, 1.807) is 16.7 Å². The number of nitrogens with zero attached hydrogens (tertiary/aromatic N) is 1. The molecule has 2 rings (SSSR count). The van der Waals surface area contributed by atoms with Crippen molar-refractivity contribution in [2.75, 3.05) is 37.0 Å². The van der Waals surface area contributed by atoms with Crippen molar-refractivity contribution in [3.05, 3.63) is 24.3 Å². The number of benzene rings is 1. The Bertz CT molecular complexity index is 398. The predicted molar refractivity (Wildman–Crippen MR) is 69.4 cm³/mol. The number of carbonyl (C=O) groups is 1. The van der Waals surface area contributed by atoms with Crippen molar-refractivity contribution in [2.45, 2.75) is 4.90 Å². The third-order valence-electron chi connectivity index (χ3n) is 2.53. The predicted octanol–water partition coefficient (Wildman–Crippen LogP) is 1.10. The lowest BCUT2D eigenvalue weighted by Crippen LogP contribution is -2.38. The molecule has 1 aromatic rings. The lowest BCUT2D eigenvalue weighted by Gasteiger charge is -2.28. The topological polar surface area (TPSA) is 55.6 Å². The van der Waals surface area contributed by atoms with Crippen LogP contribution in [0.1, 0.15) is 0 Å². The first-order valence-corrected chi connectivity index (χ1v) is 6.61. The second-order valence-electron chi connectivity index (χ2n) is 3.70. The summed E-state index contributed by atoms with van der Waals surface area (Å²) >= 11 is 1.59. The fourth-order valence-corrected chi connectivity index (χ4v) is 2.68. The van der Waals surface area contributed by atoms with E-state index in [2.05, 4.69) is 0 Å². The molecule has 1 aliphatic heterocycles. The van der Waals surface area contributed by atoms with Crippen LogP contribution in [0.25, 0.3) is 0 Å². The van der Waals surface area contributed by atoms with Crippen LogP contribution in [-0.2, 0) is 9.53 Å². The van der Waals surface area contributed by atoms with E-state index in [9.17, 15) is 4.79 Å². The fourth-order valence-electron chi connectivity index (χ4n) is 1.74. The van der Waals surface area contributed by atoms with Gasteiger partial charge in [-0.15, -0.1) is 11.8 Å². The number of fused-ring (bicyclic) bond motifs is 1. The smallest absolute Gasteiger partial charge is 0.237 e. The molecule has 0 spiro atoms. The number of carbonyl (C=O) groups excluding carboxylic acids is 1. The maximum Gasteiger partial charge on any atom is 0.237 e. The minimum atomic E-state index is 0.144. The van der Waals surface area contributed by atoms with Crippen LogP contribution in [0.3, 0.4) is 0 Å². The summed E-state index contributed by atoms with van der Waals surface area (Å²) in [5.41, 5.74) is 6.33. The molecule has 17 heavy (non-hydrogen) atoms. The first-order chi connectivity index (χ1) is 8.33. The van der Waals surface area contributed by atoms with Gasteiger partial charge in [-0.2, -0.15) is 0 Å². The number of hydrogen-bond donors (Lipinski definition) is 1. The largest absolute Gasteiger partial charge is 0.378 e. The van der Waals surface area contributed by atoms with Gasteiger partial charge < -0.3 is 15.4 Å². The first kappa shape index (κ1) is 12.4. The van der Waals surface area contributed by atoms with Gasteiger partial charge in [-0.3, -0.25) is 4.79 Å². The van der Waals surface area contributed by atoms with Crippen molar-refractivity contribution in [1.29, 1.82) is 0 Å². The Morgan fingerprint density at radius 2 is 2.18 bits per heavy atom. The number of thioether (sulfide) groups is 1. The summed E-state index contributed by atoms with van der Waals surface area (Å²) in [5.74, 6) is 0.651. The zero-order chi connectivity index (χ0) is 12.1. The first-order valence-electron chi connectivity index (χ1n) is 5.63. The van der Waals surface area contributed by atoms with E-state index in [0.717, 1.165) is 10.6 Å². The third-order valence-corrected chi connectivity index (χ3v) is 3.58. The molecule has 0 unspecified atom stereocenters. The lowest BCUT2D eigenvalue weighted by atomic mass is 10.2. The molecule has 1 aromatic carbocycles. The average molecular weight is 252 g/mol. The summed E-state index contributed by atoms with van der Waals surface area (Å²) in [6, 6.07) is 7.96. The normalized spacial score (nSPS) is 14.9. The lowest BCUT2D eigenvalue weighted by molar-refractivity contribution is -0.116. The van der Waals surface area contributed by atoms with Crippen molar-refractivity contribution in [3.8, 4) is 0 Å². The highest BCUT2D eigenvalue weighted by molar-refractivity contribution is 8.00. The highest BCUT2D eigenvalue weighted by Crippen LogP contribution is 2.34. The van der Waals surface area contributed by atoms with Gasteiger partial charge in [0.25, 0.3) is 0 Å². The van der Waals surface area contributed by atoms with Gasteiger partial charge in [0, 0.05) is 18.0 Å². The van der Waals surface area contributed by atoms with Crippen LogP contribution in [0.2, 0.25) is 0 Å². The molecule has 0 saturated heterocycles. The maximum absolute atomic E-state index is 11.8. The summed E-state index contributed by atoms with van der Waals surface area (Å²) in [4.78, 5) is 14.8. The summed E-state index contributed by atoms with van der Waals surface area (Å²) in [6.07, 6.45) is 0. The minimum absolute atomic E-state index is 0.144. The maximum atomic E-state index is 11.8. The van der Waals surface area contributed by atoms with E-state index in [1.807, 2.05) is 24.3 Å². The third kappa shape index (κ3) is 3.00. The van der Waals surface area contributed by atoms with Crippen molar-refractivity contribution in [3.63, 3.8) is 0 Å². The molecule has 1 aliphatic rings. The summed E-state index contributed by atoms with van der Waals surface area (Å²) in [7, 11) is 0. The van der Waals surface area contributed by atoms with Crippen molar-refractivity contribution in [2.24, 2.45) is 5.73 Å². The molecule has 1 amide bonds. The van der Waals surface area contributed by atoms with Crippen LogP contribution >= 0.6 is 11.8 Å². The Kier molecular flexibility index (Phi) is 4.42. The van der Waals surface area contributed by atoms with Crippen LogP contribution in [0.4, 0.5) is 5.69 Å². The van der Waals surface area contributed by atoms with Gasteiger partial charge >= 0.3 is 0 Å². The van der Waals surface area contributed by atoms with E-state index in [4.69, 9.17) is 10.5 Å². The van der Waals surface area contributed by atoms with Crippen molar-refractivity contribution in [1.82, 2.24) is 0 Å². The van der Waals surface area contributed by atoms with Crippen LogP contribution < -0.4 is 10.6 Å². The molecular formula is C12H16N2O2S. The number of ether oxygens (including phenoxy) is 1. The Morgan fingerprint density at radius 3 is 3.00 bits per heavy atom. The molecule has 0 fully saturated rings. The van der Waals surface area contributed by atoms with Gasteiger partial charge in [-0.1, -0.05) is 12.1 Å². The molecule has 0 radical (unpaired) electrons. The number of rotatable bonds is 5. The van der Waals surface area contributed by atoms with E-state index in [-0.39, 0.29) is 5.91 Å². The van der Waals surface area contributed by atoms with E-state index >= 15 is 0 Å². The average Bonchev–Trinajstić information content (AvgIpc) is 2.37. The standard InChI is InChI=1S/C12H16N2O2S/c13-5-7-16-8-6-14-10-3-1-2-4-11(10)17-9-12(14)15/h1-4H,5-9,13H2. The van der Waals surface area contributed by atoms with Gasteiger partial charge in [0.15, 0.2) is 0 Å². The molecule has 5 heteroatoms. The quantitative estimate of drug-likeness (QED) is 0.797.